The van der Waals surface area contributed by atoms with E-state index in [1.807, 2.05) is 37.5 Å². The molecule has 1 unspecified atom stereocenters. The molecule has 4 aromatic rings. The SMILES string of the molecule is COc1cc(OC)cc(N(CCCN2CCCC(N)C2)c2ccc3ncc(-c4cnn(C)c4)nc3c2)c1. The molecule has 1 aliphatic rings. The minimum Gasteiger partial charge on any atom is -0.497 e. The summed E-state index contributed by atoms with van der Waals surface area (Å²) in [4.78, 5) is 14.3. The summed E-state index contributed by atoms with van der Waals surface area (Å²) < 4.78 is 12.9. The number of methoxy groups -OCH3 is 2. The largest absolute Gasteiger partial charge is 0.497 e. The second kappa shape index (κ2) is 11.1. The number of aromatic nitrogens is 4. The number of aryl methyl sites for hydroxylation is 1. The molecular formula is C28H35N7O2. The van der Waals surface area contributed by atoms with Crippen LogP contribution < -0.4 is 20.1 Å². The zero-order valence-corrected chi connectivity index (χ0v) is 21.8. The third-order valence-corrected chi connectivity index (χ3v) is 6.88. The van der Waals surface area contributed by atoms with E-state index in [1.165, 1.54) is 6.42 Å². The lowest BCUT2D eigenvalue weighted by molar-refractivity contribution is 0.208. The number of nitrogens with zero attached hydrogens (tertiary/aromatic N) is 6. The van der Waals surface area contributed by atoms with Crippen LogP contribution in [0.4, 0.5) is 11.4 Å². The van der Waals surface area contributed by atoms with E-state index in [-0.39, 0.29) is 6.04 Å². The Balaban J connectivity index is 1.47. The Labute approximate surface area is 217 Å². The molecule has 3 heterocycles. The zero-order valence-electron chi connectivity index (χ0n) is 21.8. The van der Waals surface area contributed by atoms with E-state index < -0.39 is 0 Å². The molecule has 2 aromatic heterocycles. The number of likely N-dealkylation sites (tertiary alicyclic amines) is 1. The maximum Gasteiger partial charge on any atom is 0.124 e. The number of hydrogen-bond donors (Lipinski definition) is 1. The van der Waals surface area contributed by atoms with Gasteiger partial charge in [-0.2, -0.15) is 5.10 Å². The van der Waals surface area contributed by atoms with E-state index >= 15 is 0 Å². The molecule has 194 valence electrons. The van der Waals surface area contributed by atoms with E-state index in [4.69, 9.17) is 20.2 Å². The van der Waals surface area contributed by atoms with Crippen molar-refractivity contribution >= 4 is 22.4 Å². The van der Waals surface area contributed by atoms with Crippen LogP contribution >= 0.6 is 0 Å². The number of ether oxygens (including phenoxy) is 2. The summed E-state index contributed by atoms with van der Waals surface area (Å²) in [7, 11) is 5.25. The van der Waals surface area contributed by atoms with E-state index in [2.05, 4.69) is 32.0 Å². The molecule has 37 heavy (non-hydrogen) atoms. The fourth-order valence-electron chi connectivity index (χ4n) is 4.96. The normalized spacial score (nSPS) is 16.2. The molecule has 0 saturated carbocycles. The number of fused-ring (bicyclic) bond motifs is 1. The molecular weight excluding hydrogens is 466 g/mol. The van der Waals surface area contributed by atoms with Gasteiger partial charge in [0.1, 0.15) is 11.5 Å². The highest BCUT2D eigenvalue weighted by Crippen LogP contribution is 2.34. The Kier molecular flexibility index (Phi) is 7.52. The lowest BCUT2D eigenvalue weighted by atomic mass is 10.1. The van der Waals surface area contributed by atoms with Crippen LogP contribution in [0, 0.1) is 0 Å². The number of nitrogens with two attached hydrogens (primary N) is 1. The average Bonchev–Trinajstić information content (AvgIpc) is 3.36. The van der Waals surface area contributed by atoms with Crippen LogP contribution in [0.3, 0.4) is 0 Å². The van der Waals surface area contributed by atoms with Gasteiger partial charge in [0.15, 0.2) is 0 Å². The van der Waals surface area contributed by atoms with Gasteiger partial charge >= 0.3 is 0 Å². The minimum absolute atomic E-state index is 0.278. The molecule has 1 atom stereocenters. The number of rotatable bonds is 9. The number of anilines is 2. The number of hydrogen-bond acceptors (Lipinski definition) is 8. The van der Waals surface area contributed by atoms with Crippen molar-refractivity contribution < 1.29 is 9.47 Å². The topological polar surface area (TPSA) is 94.6 Å². The lowest BCUT2D eigenvalue weighted by Crippen LogP contribution is -2.43. The predicted molar refractivity (Wildman–Crippen MR) is 147 cm³/mol. The van der Waals surface area contributed by atoms with Crippen LogP contribution in [0.15, 0.2) is 55.0 Å². The highest BCUT2D eigenvalue weighted by atomic mass is 16.5. The van der Waals surface area contributed by atoms with Crippen LogP contribution in [-0.2, 0) is 7.05 Å². The standard InChI is InChI=1S/C28H35N7O2/c1-33-18-20(16-31-33)28-17-30-26-8-7-22(14-27(26)32-28)35(11-5-10-34-9-4-6-21(29)19-34)23-12-24(36-2)15-25(13-23)37-3/h7-8,12-18,21H,4-6,9-11,19,29H2,1-3H3. The van der Waals surface area contributed by atoms with Gasteiger partial charge in [-0.25, -0.2) is 4.98 Å². The molecule has 1 saturated heterocycles. The van der Waals surface area contributed by atoms with Gasteiger partial charge < -0.3 is 25.0 Å². The molecule has 0 amide bonds. The Bertz CT molecular complexity index is 1330. The Morgan fingerprint density at radius 3 is 2.54 bits per heavy atom. The van der Waals surface area contributed by atoms with Crippen molar-refractivity contribution in [3.8, 4) is 22.8 Å². The highest BCUT2D eigenvalue weighted by Gasteiger charge is 2.18. The van der Waals surface area contributed by atoms with Gasteiger partial charge in [0, 0.05) is 67.5 Å². The summed E-state index contributed by atoms with van der Waals surface area (Å²) in [5, 5.41) is 4.27. The second-order valence-corrected chi connectivity index (χ2v) is 9.61. The van der Waals surface area contributed by atoms with Gasteiger partial charge in [-0.05, 0) is 50.6 Å². The molecule has 0 aliphatic carbocycles. The van der Waals surface area contributed by atoms with E-state index in [1.54, 1.807) is 31.3 Å². The van der Waals surface area contributed by atoms with Gasteiger partial charge in [0.25, 0.3) is 0 Å². The summed E-state index contributed by atoms with van der Waals surface area (Å²) in [5.41, 5.74) is 11.7. The third-order valence-electron chi connectivity index (χ3n) is 6.88. The molecule has 0 bridgehead atoms. The van der Waals surface area contributed by atoms with Crippen molar-refractivity contribution in [3.63, 3.8) is 0 Å². The van der Waals surface area contributed by atoms with Gasteiger partial charge in [-0.3, -0.25) is 9.67 Å². The van der Waals surface area contributed by atoms with Crippen LogP contribution in [0.2, 0.25) is 0 Å². The zero-order chi connectivity index (χ0) is 25.8. The van der Waals surface area contributed by atoms with Crippen LogP contribution in [0.1, 0.15) is 19.3 Å². The number of piperidine rings is 1. The maximum atomic E-state index is 6.21. The van der Waals surface area contributed by atoms with Gasteiger partial charge in [-0.15, -0.1) is 0 Å². The Morgan fingerprint density at radius 2 is 1.84 bits per heavy atom. The smallest absolute Gasteiger partial charge is 0.124 e. The van der Waals surface area contributed by atoms with Crippen molar-refractivity contribution in [1.29, 1.82) is 0 Å². The van der Waals surface area contributed by atoms with Crippen molar-refractivity contribution in [3.05, 3.63) is 55.0 Å². The minimum atomic E-state index is 0.278. The second-order valence-electron chi connectivity index (χ2n) is 9.61. The summed E-state index contributed by atoms with van der Waals surface area (Å²) in [5.74, 6) is 1.50. The quantitative estimate of drug-likeness (QED) is 0.368. The highest BCUT2D eigenvalue weighted by molar-refractivity contribution is 5.82. The monoisotopic (exact) mass is 501 g/mol. The predicted octanol–water partition coefficient (Wildman–Crippen LogP) is 4.00. The first kappa shape index (κ1) is 25.0. The average molecular weight is 502 g/mol. The fraction of sp³-hybridized carbons (Fsp3) is 0.393. The van der Waals surface area contributed by atoms with Gasteiger partial charge in [-0.1, -0.05) is 0 Å². The molecule has 0 spiro atoms. The molecule has 9 nitrogen and oxygen atoms in total. The Hall–Kier alpha value is -3.69. The first-order chi connectivity index (χ1) is 18.0. The molecule has 0 radical (unpaired) electrons. The third kappa shape index (κ3) is 5.84. The molecule has 1 aliphatic heterocycles. The van der Waals surface area contributed by atoms with Crippen molar-refractivity contribution in [2.75, 3.05) is 45.3 Å². The van der Waals surface area contributed by atoms with Crippen molar-refractivity contribution in [1.82, 2.24) is 24.6 Å². The first-order valence-electron chi connectivity index (χ1n) is 12.8. The van der Waals surface area contributed by atoms with Crippen molar-refractivity contribution in [2.45, 2.75) is 25.3 Å². The molecule has 1 fully saturated rings. The maximum absolute atomic E-state index is 6.21. The summed E-state index contributed by atoms with van der Waals surface area (Å²) in [6, 6.07) is 12.5. The molecule has 5 rings (SSSR count). The van der Waals surface area contributed by atoms with Crippen LogP contribution in [0.25, 0.3) is 22.3 Å². The summed E-state index contributed by atoms with van der Waals surface area (Å²) >= 11 is 0. The first-order valence-corrected chi connectivity index (χ1v) is 12.8. The molecule has 2 N–H and O–H groups in total. The molecule has 9 heteroatoms. The number of benzene rings is 2. The van der Waals surface area contributed by atoms with Crippen LogP contribution in [0.5, 0.6) is 11.5 Å². The van der Waals surface area contributed by atoms with Crippen molar-refractivity contribution in [2.24, 2.45) is 12.8 Å². The van der Waals surface area contributed by atoms with E-state index in [9.17, 15) is 0 Å². The van der Waals surface area contributed by atoms with E-state index in [0.717, 1.165) is 84.2 Å². The Morgan fingerprint density at radius 1 is 1.03 bits per heavy atom. The lowest BCUT2D eigenvalue weighted by Gasteiger charge is -2.32. The summed E-state index contributed by atoms with van der Waals surface area (Å²) in [6.45, 7) is 3.91. The van der Waals surface area contributed by atoms with E-state index in [0.29, 0.717) is 0 Å². The molecule has 2 aromatic carbocycles. The van der Waals surface area contributed by atoms with Gasteiger partial charge in [0.2, 0.25) is 0 Å². The van der Waals surface area contributed by atoms with Gasteiger partial charge in [0.05, 0.1) is 43.3 Å². The summed E-state index contributed by atoms with van der Waals surface area (Å²) in [6.07, 6.45) is 8.83. The fourth-order valence-corrected chi connectivity index (χ4v) is 4.96. The van der Waals surface area contributed by atoms with Crippen LogP contribution in [-0.4, -0.2) is 71.1 Å².